The average Bonchev–Trinajstić information content (AvgIpc) is 2.81. The van der Waals surface area contributed by atoms with E-state index < -0.39 is 79.2 Å². The number of hydrogen-bond donors (Lipinski definition) is 0. The molecule has 0 atom stereocenters. The SMILES string of the molecule is CCc1c(Br)cc2c(F)c(F)c(F)c(F)c2c1-c1c(OC)c(Br)cc2c(F)c(F)c(F)c(F)c12. The molecule has 178 valence electrons. The molecule has 34 heavy (non-hydrogen) atoms. The van der Waals surface area contributed by atoms with E-state index in [0.29, 0.717) is 0 Å². The molecule has 4 aromatic rings. The van der Waals surface area contributed by atoms with Crippen LogP contribution in [0.5, 0.6) is 5.75 Å². The van der Waals surface area contributed by atoms with Crippen molar-refractivity contribution < 1.29 is 39.9 Å². The Morgan fingerprint density at radius 3 is 1.47 bits per heavy atom. The molecule has 0 aliphatic rings. The number of rotatable bonds is 3. The molecular weight excluding hydrogens is 604 g/mol. The van der Waals surface area contributed by atoms with Crippen LogP contribution in [0.1, 0.15) is 12.5 Å². The van der Waals surface area contributed by atoms with E-state index in [1.165, 1.54) is 0 Å². The zero-order chi connectivity index (χ0) is 25.2. The van der Waals surface area contributed by atoms with Crippen molar-refractivity contribution in [2.75, 3.05) is 7.11 Å². The summed E-state index contributed by atoms with van der Waals surface area (Å²) in [5, 5.41) is -3.17. The van der Waals surface area contributed by atoms with Crippen LogP contribution in [0.2, 0.25) is 0 Å². The Bertz CT molecular complexity index is 1420. The fourth-order valence-corrected chi connectivity index (χ4v) is 5.32. The zero-order valence-electron chi connectivity index (χ0n) is 17.0. The molecule has 0 unspecified atom stereocenters. The van der Waals surface area contributed by atoms with Gasteiger partial charge in [-0.2, -0.15) is 0 Å². The first kappa shape index (κ1) is 24.7. The van der Waals surface area contributed by atoms with E-state index in [4.69, 9.17) is 4.74 Å². The van der Waals surface area contributed by atoms with E-state index in [0.717, 1.165) is 19.2 Å². The monoisotopic (exact) mass is 612 g/mol. The predicted octanol–water partition coefficient (Wildman–Crippen LogP) is 8.87. The van der Waals surface area contributed by atoms with Gasteiger partial charge in [0.05, 0.1) is 11.6 Å². The Hall–Kier alpha value is -2.40. The van der Waals surface area contributed by atoms with Gasteiger partial charge in [0.1, 0.15) is 5.75 Å². The van der Waals surface area contributed by atoms with Gasteiger partial charge in [-0.25, -0.2) is 35.1 Å². The molecule has 0 saturated heterocycles. The third-order valence-electron chi connectivity index (χ3n) is 5.49. The van der Waals surface area contributed by atoms with Gasteiger partial charge >= 0.3 is 0 Å². The van der Waals surface area contributed by atoms with Gasteiger partial charge in [-0.15, -0.1) is 0 Å². The molecule has 0 spiro atoms. The van der Waals surface area contributed by atoms with Crippen LogP contribution in [0, 0.1) is 46.5 Å². The lowest BCUT2D eigenvalue weighted by Gasteiger charge is -2.21. The van der Waals surface area contributed by atoms with E-state index in [9.17, 15) is 26.3 Å². The highest BCUT2D eigenvalue weighted by molar-refractivity contribution is 9.10. The van der Waals surface area contributed by atoms with Gasteiger partial charge < -0.3 is 4.74 Å². The summed E-state index contributed by atoms with van der Waals surface area (Å²) in [5.41, 5.74) is -0.816. The van der Waals surface area contributed by atoms with Gasteiger partial charge in [0.25, 0.3) is 0 Å². The van der Waals surface area contributed by atoms with Gasteiger partial charge in [-0.05, 0) is 40.0 Å². The van der Waals surface area contributed by atoms with Crippen molar-refractivity contribution >= 4 is 53.4 Å². The second kappa shape index (κ2) is 8.67. The van der Waals surface area contributed by atoms with Crippen molar-refractivity contribution in [2.45, 2.75) is 13.3 Å². The minimum Gasteiger partial charge on any atom is -0.495 e. The molecule has 4 aromatic carbocycles. The van der Waals surface area contributed by atoms with Crippen LogP contribution >= 0.6 is 31.9 Å². The summed E-state index contributed by atoms with van der Waals surface area (Å²) in [5.74, 6) is -15.9. The second-order valence-corrected chi connectivity index (χ2v) is 8.90. The van der Waals surface area contributed by atoms with Crippen LogP contribution in [0.3, 0.4) is 0 Å². The fourth-order valence-electron chi connectivity index (χ4n) is 4.03. The Balaban J connectivity index is 2.45. The summed E-state index contributed by atoms with van der Waals surface area (Å²) < 4.78 is 122. The molecule has 1 nitrogen and oxygen atoms in total. The van der Waals surface area contributed by atoms with E-state index in [1.54, 1.807) is 6.92 Å². The number of fused-ring (bicyclic) bond motifs is 2. The maximum absolute atomic E-state index is 15.1. The topological polar surface area (TPSA) is 9.23 Å². The summed E-state index contributed by atoms with van der Waals surface area (Å²) in [6, 6.07) is 1.92. The smallest absolute Gasteiger partial charge is 0.198 e. The maximum Gasteiger partial charge on any atom is 0.198 e. The zero-order valence-corrected chi connectivity index (χ0v) is 20.2. The van der Waals surface area contributed by atoms with Crippen molar-refractivity contribution in [2.24, 2.45) is 0 Å². The molecule has 0 amide bonds. The van der Waals surface area contributed by atoms with Crippen molar-refractivity contribution in [3.8, 4) is 16.9 Å². The molecule has 0 aliphatic carbocycles. The van der Waals surface area contributed by atoms with Crippen LogP contribution in [-0.2, 0) is 6.42 Å². The van der Waals surface area contributed by atoms with E-state index in [2.05, 4.69) is 31.9 Å². The lowest BCUT2D eigenvalue weighted by Crippen LogP contribution is -2.06. The number of benzene rings is 4. The van der Waals surface area contributed by atoms with Crippen LogP contribution < -0.4 is 4.74 Å². The van der Waals surface area contributed by atoms with Crippen LogP contribution in [-0.4, -0.2) is 7.11 Å². The molecule has 0 fully saturated rings. The highest BCUT2D eigenvalue weighted by Crippen LogP contribution is 2.50. The third kappa shape index (κ3) is 3.30. The van der Waals surface area contributed by atoms with Crippen molar-refractivity contribution in [1.29, 1.82) is 0 Å². The van der Waals surface area contributed by atoms with Crippen LogP contribution in [0.25, 0.3) is 32.7 Å². The molecule has 0 aromatic heterocycles. The molecule has 4 rings (SSSR count). The minimum atomic E-state index is -2.16. The Morgan fingerprint density at radius 1 is 0.618 bits per heavy atom. The van der Waals surface area contributed by atoms with Crippen molar-refractivity contribution in [3.63, 3.8) is 0 Å². The lowest BCUT2D eigenvalue weighted by molar-refractivity contribution is 0.410. The normalized spacial score (nSPS) is 11.6. The van der Waals surface area contributed by atoms with E-state index >= 15 is 8.78 Å². The van der Waals surface area contributed by atoms with Gasteiger partial charge in [0.15, 0.2) is 46.5 Å². The predicted molar refractivity (Wildman–Crippen MR) is 118 cm³/mol. The molecule has 0 aliphatic heterocycles. The van der Waals surface area contributed by atoms with E-state index in [1.807, 2.05) is 0 Å². The van der Waals surface area contributed by atoms with Crippen molar-refractivity contribution in [3.05, 3.63) is 73.2 Å². The maximum atomic E-state index is 15.1. The quantitative estimate of drug-likeness (QED) is 0.127. The number of hydrogen-bond acceptors (Lipinski definition) is 1. The molecule has 11 heteroatoms. The largest absolute Gasteiger partial charge is 0.495 e. The second-order valence-electron chi connectivity index (χ2n) is 7.19. The summed E-state index contributed by atoms with van der Waals surface area (Å²) in [6.45, 7) is 1.56. The minimum absolute atomic E-state index is 0.0385. The first-order chi connectivity index (χ1) is 16.0. The van der Waals surface area contributed by atoms with Crippen LogP contribution in [0.15, 0.2) is 21.1 Å². The number of ether oxygens (including phenoxy) is 1. The van der Waals surface area contributed by atoms with Gasteiger partial charge in [0.2, 0.25) is 0 Å². The standard InChI is InChI=1S/C23H10Br2F8O/c1-3-6-9(24)4-7-12(17(28)21(32)19(30)15(7)26)11(6)14-13-8(5-10(25)23(14)34-2)16(27)20(31)22(33)18(13)29/h4-5H,3H2,1-2H3. The number of halogens is 10. The highest BCUT2D eigenvalue weighted by atomic mass is 79.9. The first-order valence-corrected chi connectivity index (χ1v) is 11.1. The average molecular weight is 614 g/mol. The third-order valence-corrected chi connectivity index (χ3v) is 6.79. The van der Waals surface area contributed by atoms with E-state index in [-0.39, 0.29) is 26.7 Å². The molecule has 0 heterocycles. The van der Waals surface area contributed by atoms with Gasteiger partial charge in [-0.3, -0.25) is 0 Å². The Labute approximate surface area is 203 Å². The molecule has 0 saturated carbocycles. The van der Waals surface area contributed by atoms with Gasteiger partial charge in [-0.1, -0.05) is 22.9 Å². The summed E-state index contributed by atoms with van der Waals surface area (Å²) >= 11 is 6.23. The lowest BCUT2D eigenvalue weighted by atomic mass is 9.87. The molecule has 0 bridgehead atoms. The van der Waals surface area contributed by atoms with Crippen molar-refractivity contribution in [1.82, 2.24) is 0 Å². The summed E-state index contributed by atoms with van der Waals surface area (Å²) in [7, 11) is 1.10. The fraction of sp³-hybridized carbons (Fsp3) is 0.130. The Kier molecular flexibility index (Phi) is 6.30. The first-order valence-electron chi connectivity index (χ1n) is 9.47. The van der Waals surface area contributed by atoms with Crippen LogP contribution in [0.4, 0.5) is 35.1 Å². The highest BCUT2D eigenvalue weighted by Gasteiger charge is 2.32. The molecular formula is C23H10Br2F8O. The number of methoxy groups -OCH3 is 1. The Morgan fingerprint density at radius 2 is 1.03 bits per heavy atom. The molecule has 0 radical (unpaired) electrons. The summed E-state index contributed by atoms with van der Waals surface area (Å²) in [6.07, 6.45) is 0.0385. The van der Waals surface area contributed by atoms with Gasteiger partial charge in [0, 0.05) is 37.1 Å². The molecule has 0 N–H and O–H groups in total. The summed E-state index contributed by atoms with van der Waals surface area (Å²) in [4.78, 5) is 0.